The van der Waals surface area contributed by atoms with Crippen molar-refractivity contribution >= 4 is 45.6 Å². The van der Waals surface area contributed by atoms with Gasteiger partial charge in [-0.1, -0.05) is 18.2 Å². The van der Waals surface area contributed by atoms with Gasteiger partial charge in [-0.25, -0.2) is 14.6 Å². The van der Waals surface area contributed by atoms with Gasteiger partial charge in [0, 0.05) is 24.3 Å². The number of hydrogen-bond acceptors (Lipinski definition) is 9. The summed E-state index contributed by atoms with van der Waals surface area (Å²) in [6.45, 7) is 7.10. The van der Waals surface area contributed by atoms with Gasteiger partial charge in [-0.05, 0) is 64.2 Å². The van der Waals surface area contributed by atoms with Crippen LogP contribution in [0.25, 0.3) is 33.4 Å². The first kappa shape index (κ1) is 25.2. The van der Waals surface area contributed by atoms with Gasteiger partial charge >= 0.3 is 0 Å². The van der Waals surface area contributed by atoms with Gasteiger partial charge in [0.05, 0.1) is 5.39 Å². The average Bonchev–Trinajstić information content (AvgIpc) is 3.46. The summed E-state index contributed by atoms with van der Waals surface area (Å²) < 4.78 is 7.53. The van der Waals surface area contributed by atoms with E-state index in [0.29, 0.717) is 35.1 Å². The number of nitrogens with one attached hydrogen (secondary N) is 2. The van der Waals surface area contributed by atoms with Gasteiger partial charge in [0.1, 0.15) is 29.4 Å². The third-order valence-electron chi connectivity index (χ3n) is 6.35. The largest absolute Gasteiger partial charge is 0.423 e. The number of likely N-dealkylation sites (N-methyl/N-ethyl adjacent to an activating group) is 1. The van der Waals surface area contributed by atoms with Gasteiger partial charge in [-0.15, -0.1) is 0 Å². The Kier molecular flexibility index (Phi) is 6.68. The highest BCUT2D eigenvalue weighted by molar-refractivity contribution is 5.99. The van der Waals surface area contributed by atoms with E-state index in [-0.39, 0.29) is 5.91 Å². The van der Waals surface area contributed by atoms with Crippen molar-refractivity contribution < 1.29 is 9.21 Å². The van der Waals surface area contributed by atoms with E-state index in [1.54, 1.807) is 11.6 Å². The molecule has 0 aliphatic heterocycles. The summed E-state index contributed by atoms with van der Waals surface area (Å²) in [6.07, 6.45) is 1.38. The van der Waals surface area contributed by atoms with E-state index in [1.165, 1.54) is 6.33 Å². The summed E-state index contributed by atoms with van der Waals surface area (Å²) in [6, 6.07) is 11.5. The molecule has 0 saturated carbocycles. The quantitative estimate of drug-likeness (QED) is 0.282. The molecule has 11 nitrogen and oxygen atoms in total. The van der Waals surface area contributed by atoms with Crippen LogP contribution in [0.2, 0.25) is 0 Å². The van der Waals surface area contributed by atoms with Gasteiger partial charge in [-0.2, -0.15) is 10.1 Å². The molecule has 1 amide bonds. The Morgan fingerprint density at radius 2 is 1.92 bits per heavy atom. The van der Waals surface area contributed by atoms with Gasteiger partial charge < -0.3 is 25.7 Å². The molecule has 3 aromatic heterocycles. The number of carbonyl (C=O) groups excluding carboxylic acids is 1. The highest BCUT2D eigenvalue weighted by Crippen LogP contribution is 2.33. The van der Waals surface area contributed by atoms with Crippen LogP contribution in [-0.4, -0.2) is 62.7 Å². The van der Waals surface area contributed by atoms with E-state index >= 15 is 0 Å². The highest BCUT2D eigenvalue weighted by Gasteiger charge is 2.24. The number of anilines is 3. The molecule has 38 heavy (non-hydrogen) atoms. The van der Waals surface area contributed by atoms with Crippen LogP contribution >= 0.6 is 0 Å². The zero-order valence-electron chi connectivity index (χ0n) is 22.1. The SMILES string of the molecule is Cc1cc(C)c2oc(Nc3ccc(-c4nn(C(C)C(=O)NCCN(C)C)c5ncnc(N)c45)cc3)nc2c1. The average molecular weight is 514 g/mol. The number of amides is 1. The molecule has 4 N–H and O–H groups in total. The molecule has 0 aliphatic carbocycles. The van der Waals surface area contributed by atoms with Gasteiger partial charge in [0.25, 0.3) is 6.01 Å². The van der Waals surface area contributed by atoms with Crippen molar-refractivity contribution in [2.45, 2.75) is 26.8 Å². The monoisotopic (exact) mass is 513 g/mol. The Hall–Kier alpha value is -4.51. The minimum absolute atomic E-state index is 0.150. The summed E-state index contributed by atoms with van der Waals surface area (Å²) in [5, 5.41) is 11.5. The number of aromatic nitrogens is 5. The molecule has 5 aromatic rings. The molecule has 0 bridgehead atoms. The van der Waals surface area contributed by atoms with Crippen LogP contribution in [0.1, 0.15) is 24.1 Å². The molecule has 1 atom stereocenters. The lowest BCUT2D eigenvalue weighted by Gasteiger charge is -2.15. The zero-order chi connectivity index (χ0) is 27.0. The number of nitrogens with zero attached hydrogens (tertiary/aromatic N) is 6. The minimum atomic E-state index is -0.588. The topological polar surface area (TPSA) is 140 Å². The maximum atomic E-state index is 12.8. The number of nitrogen functional groups attached to an aromatic ring is 1. The van der Waals surface area contributed by atoms with Gasteiger partial charge in [0.2, 0.25) is 5.91 Å². The van der Waals surface area contributed by atoms with Crippen molar-refractivity contribution in [3.8, 4) is 11.3 Å². The second kappa shape index (κ2) is 10.1. The van der Waals surface area contributed by atoms with E-state index in [4.69, 9.17) is 15.2 Å². The van der Waals surface area contributed by atoms with Crippen molar-refractivity contribution in [2.75, 3.05) is 38.2 Å². The molecule has 3 heterocycles. The number of rotatable bonds is 8. The van der Waals surface area contributed by atoms with Crippen LogP contribution in [-0.2, 0) is 4.79 Å². The lowest BCUT2D eigenvalue weighted by atomic mass is 10.1. The van der Waals surface area contributed by atoms with Crippen LogP contribution < -0.4 is 16.4 Å². The smallest absolute Gasteiger partial charge is 0.300 e. The molecule has 0 aliphatic rings. The molecule has 0 fully saturated rings. The number of benzene rings is 2. The summed E-state index contributed by atoms with van der Waals surface area (Å²) in [4.78, 5) is 28.0. The molecular formula is C27H31N9O2. The fraction of sp³-hybridized carbons (Fsp3) is 0.296. The number of hydrogen-bond donors (Lipinski definition) is 3. The number of carbonyl (C=O) groups is 1. The number of nitrogens with two attached hydrogens (primary N) is 1. The Balaban J connectivity index is 1.42. The van der Waals surface area contributed by atoms with Crippen molar-refractivity contribution in [3.05, 3.63) is 53.9 Å². The lowest BCUT2D eigenvalue weighted by molar-refractivity contribution is -0.124. The van der Waals surface area contributed by atoms with E-state index in [9.17, 15) is 4.79 Å². The third-order valence-corrected chi connectivity index (χ3v) is 6.35. The van der Waals surface area contributed by atoms with Crippen LogP contribution in [0.3, 0.4) is 0 Å². The Morgan fingerprint density at radius 3 is 2.66 bits per heavy atom. The van der Waals surface area contributed by atoms with Crippen molar-refractivity contribution in [1.82, 2.24) is 34.9 Å². The van der Waals surface area contributed by atoms with Crippen LogP contribution in [0.5, 0.6) is 0 Å². The van der Waals surface area contributed by atoms with Crippen molar-refractivity contribution in [1.29, 1.82) is 0 Å². The first-order valence-corrected chi connectivity index (χ1v) is 12.4. The predicted octanol–water partition coefficient (Wildman–Crippen LogP) is 3.82. The van der Waals surface area contributed by atoms with E-state index in [1.807, 2.05) is 63.2 Å². The molecule has 0 saturated heterocycles. The normalized spacial score (nSPS) is 12.4. The fourth-order valence-corrected chi connectivity index (χ4v) is 4.39. The second-order valence-electron chi connectivity index (χ2n) is 9.67. The van der Waals surface area contributed by atoms with E-state index in [0.717, 1.165) is 40.0 Å². The fourth-order valence-electron chi connectivity index (χ4n) is 4.39. The summed E-state index contributed by atoms with van der Waals surface area (Å²) in [7, 11) is 3.91. The van der Waals surface area contributed by atoms with Crippen LogP contribution in [0, 0.1) is 13.8 Å². The minimum Gasteiger partial charge on any atom is -0.423 e. The summed E-state index contributed by atoms with van der Waals surface area (Å²) >= 11 is 0. The molecule has 196 valence electrons. The summed E-state index contributed by atoms with van der Waals surface area (Å²) in [5.41, 5.74) is 12.7. The maximum absolute atomic E-state index is 12.8. The van der Waals surface area contributed by atoms with Gasteiger partial charge in [0.15, 0.2) is 11.2 Å². The Morgan fingerprint density at radius 1 is 1.16 bits per heavy atom. The molecule has 0 radical (unpaired) electrons. The molecule has 1 unspecified atom stereocenters. The van der Waals surface area contributed by atoms with Crippen molar-refractivity contribution in [2.24, 2.45) is 0 Å². The predicted molar refractivity (Wildman–Crippen MR) is 148 cm³/mol. The molecule has 5 rings (SSSR count). The summed E-state index contributed by atoms with van der Waals surface area (Å²) in [5.74, 6) is 0.152. The Labute approximate surface area is 220 Å². The van der Waals surface area contributed by atoms with E-state index in [2.05, 4.69) is 31.7 Å². The van der Waals surface area contributed by atoms with Crippen LogP contribution in [0.15, 0.2) is 47.1 Å². The van der Waals surface area contributed by atoms with Gasteiger partial charge in [-0.3, -0.25) is 4.79 Å². The molecule has 2 aromatic carbocycles. The van der Waals surface area contributed by atoms with E-state index < -0.39 is 6.04 Å². The Bertz CT molecular complexity index is 1620. The second-order valence-corrected chi connectivity index (χ2v) is 9.67. The van der Waals surface area contributed by atoms with Crippen LogP contribution in [0.4, 0.5) is 17.5 Å². The molecule has 11 heteroatoms. The molecule has 0 spiro atoms. The third kappa shape index (κ3) is 4.88. The first-order valence-electron chi connectivity index (χ1n) is 12.4. The van der Waals surface area contributed by atoms with Crippen molar-refractivity contribution in [3.63, 3.8) is 0 Å². The lowest BCUT2D eigenvalue weighted by Crippen LogP contribution is -2.36. The highest BCUT2D eigenvalue weighted by atomic mass is 16.4. The molecular weight excluding hydrogens is 482 g/mol. The number of fused-ring (bicyclic) bond motifs is 2. The standard InChI is InChI=1S/C27H31N9O2/c1-15-12-16(2)23-20(13-15)33-27(38-23)32-19-8-6-18(7-9-19)22-21-24(28)30-14-31-25(21)36(34-22)17(3)26(37)29-10-11-35(4)5/h6-9,12-14,17H,10-11H2,1-5H3,(H,29,37)(H,32,33)(H2,28,30,31). The maximum Gasteiger partial charge on any atom is 0.300 e. The number of aryl methyl sites for hydroxylation is 2. The zero-order valence-corrected chi connectivity index (χ0v) is 22.1. The number of oxazole rings is 1. The first-order chi connectivity index (χ1) is 18.2.